The van der Waals surface area contributed by atoms with E-state index < -0.39 is 5.91 Å². The third kappa shape index (κ3) is 3.97. The van der Waals surface area contributed by atoms with E-state index >= 15 is 0 Å². The van der Waals surface area contributed by atoms with E-state index in [2.05, 4.69) is 23.9 Å². The summed E-state index contributed by atoms with van der Waals surface area (Å²) < 4.78 is 1.98. The zero-order valence-electron chi connectivity index (χ0n) is 17.5. The maximum atomic E-state index is 12.7. The minimum absolute atomic E-state index is 0.0341. The lowest BCUT2D eigenvalue weighted by Gasteiger charge is -2.20. The Morgan fingerprint density at radius 3 is 2.71 bits per heavy atom. The van der Waals surface area contributed by atoms with Gasteiger partial charge in [0, 0.05) is 17.8 Å². The number of nitrogens with one attached hydrogen (secondary N) is 1. The summed E-state index contributed by atoms with van der Waals surface area (Å²) in [7, 11) is 0. The van der Waals surface area contributed by atoms with Crippen LogP contribution >= 0.6 is 35.0 Å². The van der Waals surface area contributed by atoms with Gasteiger partial charge in [-0.25, -0.2) is 0 Å². The molecule has 1 N–H and O–H groups in total. The maximum Gasteiger partial charge on any atom is 0.283 e. The van der Waals surface area contributed by atoms with Crippen LogP contribution in [-0.2, 0) is 4.79 Å². The number of aromatic nitrogens is 1. The van der Waals surface area contributed by atoms with Gasteiger partial charge in [-0.2, -0.15) is 15.1 Å². The van der Waals surface area contributed by atoms with Gasteiger partial charge < -0.3 is 4.57 Å². The van der Waals surface area contributed by atoms with E-state index in [1.165, 1.54) is 16.8 Å². The summed E-state index contributed by atoms with van der Waals surface area (Å²) in [6.45, 7) is 8.10. The van der Waals surface area contributed by atoms with Crippen molar-refractivity contribution in [2.75, 3.05) is 0 Å². The second-order valence-corrected chi connectivity index (χ2v) is 9.67. The Labute approximate surface area is 195 Å². The van der Waals surface area contributed by atoms with Gasteiger partial charge in [0.05, 0.1) is 21.3 Å². The summed E-state index contributed by atoms with van der Waals surface area (Å²) in [4.78, 5) is 16.9. The first-order valence-corrected chi connectivity index (χ1v) is 11.4. The molecule has 3 heterocycles. The van der Waals surface area contributed by atoms with E-state index in [0.717, 1.165) is 34.1 Å². The SMILES string of the molecule is Cc1cc(/C=C2\C(=N)N3N=C(CC(C)C)SC3=NC2=O)c(C)n1-c1cccc(Cl)c1Cl. The summed E-state index contributed by atoms with van der Waals surface area (Å²) in [5.74, 6) is 0.0268. The topological polar surface area (TPSA) is 73.8 Å². The molecule has 31 heavy (non-hydrogen) atoms. The predicted octanol–water partition coefficient (Wildman–Crippen LogP) is 6.07. The second-order valence-electron chi connectivity index (χ2n) is 7.85. The van der Waals surface area contributed by atoms with Crippen LogP contribution in [0.1, 0.15) is 37.2 Å². The van der Waals surface area contributed by atoms with Gasteiger partial charge in [0.25, 0.3) is 5.91 Å². The fraction of sp³-hybridized carbons (Fsp3) is 0.273. The van der Waals surface area contributed by atoms with Gasteiger partial charge in [-0.05, 0) is 61.4 Å². The summed E-state index contributed by atoms with van der Waals surface area (Å²) >= 11 is 14.0. The monoisotopic (exact) mass is 473 g/mol. The number of halogens is 2. The number of hydrazone groups is 1. The molecular weight excluding hydrogens is 453 g/mol. The van der Waals surface area contributed by atoms with E-state index in [0.29, 0.717) is 21.1 Å². The smallest absolute Gasteiger partial charge is 0.283 e. The Bertz CT molecular complexity index is 1210. The fourth-order valence-electron chi connectivity index (χ4n) is 3.59. The van der Waals surface area contributed by atoms with Crippen molar-refractivity contribution in [2.45, 2.75) is 34.1 Å². The van der Waals surface area contributed by atoms with Crippen molar-refractivity contribution in [1.82, 2.24) is 9.58 Å². The number of amidine groups is 2. The van der Waals surface area contributed by atoms with E-state index in [1.54, 1.807) is 12.1 Å². The Balaban J connectivity index is 1.73. The Morgan fingerprint density at radius 1 is 1.26 bits per heavy atom. The molecule has 1 aromatic heterocycles. The first kappa shape index (κ1) is 21.9. The highest BCUT2D eigenvalue weighted by molar-refractivity contribution is 8.26. The molecular formula is C22H21Cl2N5OS. The molecule has 0 saturated heterocycles. The van der Waals surface area contributed by atoms with Crippen molar-refractivity contribution < 1.29 is 4.79 Å². The van der Waals surface area contributed by atoms with Crippen LogP contribution in [0.3, 0.4) is 0 Å². The lowest BCUT2D eigenvalue weighted by molar-refractivity contribution is -0.114. The van der Waals surface area contributed by atoms with Crippen molar-refractivity contribution in [3.63, 3.8) is 0 Å². The number of hydrogen-bond donors (Lipinski definition) is 1. The number of carbonyl (C=O) groups is 1. The number of aryl methyl sites for hydroxylation is 1. The second kappa shape index (κ2) is 8.30. The molecule has 0 spiro atoms. The van der Waals surface area contributed by atoms with Crippen molar-refractivity contribution in [3.05, 3.63) is 56.8 Å². The number of rotatable bonds is 4. The Hall–Kier alpha value is -2.35. The quantitative estimate of drug-likeness (QED) is 0.547. The highest BCUT2D eigenvalue weighted by Gasteiger charge is 2.35. The lowest BCUT2D eigenvalue weighted by Crippen LogP contribution is -2.35. The van der Waals surface area contributed by atoms with Gasteiger partial charge in [-0.3, -0.25) is 10.2 Å². The molecule has 2 aliphatic heterocycles. The maximum absolute atomic E-state index is 12.7. The number of amides is 1. The van der Waals surface area contributed by atoms with Crippen LogP contribution in [0, 0.1) is 25.2 Å². The molecule has 160 valence electrons. The Kier molecular flexibility index (Phi) is 5.85. The molecule has 6 nitrogen and oxygen atoms in total. The number of hydrogen-bond acceptors (Lipinski definition) is 4. The summed E-state index contributed by atoms with van der Waals surface area (Å²) in [5, 5.41) is 16.8. The number of thioether (sulfide) groups is 1. The first-order valence-electron chi connectivity index (χ1n) is 9.79. The van der Waals surface area contributed by atoms with Gasteiger partial charge >= 0.3 is 0 Å². The predicted molar refractivity (Wildman–Crippen MR) is 130 cm³/mol. The molecule has 0 aliphatic carbocycles. The third-order valence-electron chi connectivity index (χ3n) is 5.02. The van der Waals surface area contributed by atoms with Gasteiger partial charge in [0.2, 0.25) is 5.17 Å². The van der Waals surface area contributed by atoms with Crippen LogP contribution in [0.25, 0.3) is 11.8 Å². The molecule has 4 rings (SSSR count). The van der Waals surface area contributed by atoms with Crippen LogP contribution in [0.2, 0.25) is 10.0 Å². The van der Waals surface area contributed by atoms with Crippen LogP contribution in [0.15, 0.2) is 39.9 Å². The van der Waals surface area contributed by atoms with Crippen molar-refractivity contribution in [1.29, 1.82) is 5.41 Å². The zero-order chi connectivity index (χ0) is 22.4. The standard InChI is InChI=1S/C22H21Cl2N5OS/c1-11(2)8-18-27-29-20(25)15(21(30)26-22(29)31-18)10-14-9-12(3)28(13(14)4)17-7-5-6-16(23)19(17)24/h5-7,9-11,25H,8H2,1-4H3/b15-10+,25-20?. The molecule has 0 unspecified atom stereocenters. The molecule has 0 fully saturated rings. The van der Waals surface area contributed by atoms with Crippen molar-refractivity contribution in [3.8, 4) is 5.69 Å². The van der Waals surface area contributed by atoms with E-state index in [-0.39, 0.29) is 11.4 Å². The Morgan fingerprint density at radius 2 is 2.00 bits per heavy atom. The number of benzene rings is 1. The summed E-state index contributed by atoms with van der Waals surface area (Å²) in [5.41, 5.74) is 3.58. The van der Waals surface area contributed by atoms with Gasteiger partial charge in [0.15, 0.2) is 5.84 Å². The number of nitrogens with zero attached hydrogens (tertiary/aromatic N) is 4. The minimum Gasteiger partial charge on any atom is -0.316 e. The lowest BCUT2D eigenvalue weighted by atomic mass is 10.1. The summed E-state index contributed by atoms with van der Waals surface area (Å²) in [6.07, 6.45) is 2.48. The van der Waals surface area contributed by atoms with Gasteiger partial charge in [0.1, 0.15) is 5.04 Å². The van der Waals surface area contributed by atoms with Crippen LogP contribution in [0.4, 0.5) is 0 Å². The highest BCUT2D eigenvalue weighted by atomic mass is 35.5. The van der Waals surface area contributed by atoms with E-state index in [9.17, 15) is 4.79 Å². The average Bonchev–Trinajstić information content (AvgIpc) is 3.21. The molecule has 1 amide bonds. The normalized spacial score (nSPS) is 17.5. The molecule has 9 heteroatoms. The number of fused-ring (bicyclic) bond motifs is 1. The molecule has 0 atom stereocenters. The van der Waals surface area contributed by atoms with Crippen LogP contribution in [-0.4, -0.2) is 31.5 Å². The largest absolute Gasteiger partial charge is 0.316 e. The van der Waals surface area contributed by atoms with E-state index in [4.69, 9.17) is 28.6 Å². The fourth-order valence-corrected chi connectivity index (χ4v) is 5.07. The molecule has 1 aromatic carbocycles. The number of carbonyl (C=O) groups excluding carboxylic acids is 1. The minimum atomic E-state index is -0.435. The third-order valence-corrected chi connectivity index (χ3v) is 6.76. The molecule has 2 aliphatic rings. The summed E-state index contributed by atoms with van der Waals surface area (Å²) in [6, 6.07) is 7.42. The van der Waals surface area contributed by atoms with Crippen LogP contribution in [0.5, 0.6) is 0 Å². The van der Waals surface area contributed by atoms with Gasteiger partial charge in [-0.1, -0.05) is 43.1 Å². The van der Waals surface area contributed by atoms with Crippen molar-refractivity contribution in [2.24, 2.45) is 16.0 Å². The molecule has 0 radical (unpaired) electrons. The first-order chi connectivity index (χ1) is 14.7. The van der Waals surface area contributed by atoms with E-state index in [1.807, 2.05) is 36.6 Å². The van der Waals surface area contributed by atoms with Gasteiger partial charge in [-0.15, -0.1) is 0 Å². The van der Waals surface area contributed by atoms with Crippen molar-refractivity contribution >= 4 is 63.0 Å². The molecule has 0 saturated carbocycles. The zero-order valence-corrected chi connectivity index (χ0v) is 19.9. The average molecular weight is 474 g/mol. The number of aliphatic imine (C=N–C) groups is 1. The van der Waals surface area contributed by atoms with Crippen LogP contribution < -0.4 is 0 Å². The highest BCUT2D eigenvalue weighted by Crippen LogP contribution is 2.34. The molecule has 0 bridgehead atoms. The molecule has 2 aromatic rings.